The average Bonchev–Trinajstić information content (AvgIpc) is 2.85. The Bertz CT molecular complexity index is 528. The zero-order valence-corrected chi connectivity index (χ0v) is 11.7. The van der Waals surface area contributed by atoms with Gasteiger partial charge in [0.2, 0.25) is 5.28 Å². The molecule has 1 unspecified atom stereocenters. The summed E-state index contributed by atoms with van der Waals surface area (Å²) in [6, 6.07) is 0.0812. The van der Waals surface area contributed by atoms with Crippen molar-refractivity contribution in [1.82, 2.24) is 15.0 Å². The predicted molar refractivity (Wildman–Crippen MR) is 75.0 cm³/mol. The van der Waals surface area contributed by atoms with Gasteiger partial charge in [-0.05, 0) is 24.9 Å². The molecular weight excluding hydrogens is 270 g/mol. The van der Waals surface area contributed by atoms with E-state index in [1.807, 2.05) is 5.38 Å². The number of nitrogens with zero attached hydrogens (tertiary/aromatic N) is 3. The van der Waals surface area contributed by atoms with Gasteiger partial charge in [-0.25, -0.2) is 9.97 Å². The second-order valence-electron chi connectivity index (χ2n) is 3.82. The van der Waals surface area contributed by atoms with E-state index in [0.29, 0.717) is 17.2 Å². The summed E-state index contributed by atoms with van der Waals surface area (Å²) >= 11 is 7.44. The fraction of sp³-hybridized carbons (Fsp3) is 0.364. The fourth-order valence-corrected chi connectivity index (χ4v) is 2.55. The Labute approximate surface area is 114 Å². The summed E-state index contributed by atoms with van der Waals surface area (Å²) in [6.45, 7) is 3.88. The van der Waals surface area contributed by atoms with Crippen LogP contribution < -0.4 is 11.1 Å². The van der Waals surface area contributed by atoms with Gasteiger partial charge in [0.15, 0.2) is 5.82 Å². The van der Waals surface area contributed by atoms with E-state index in [2.05, 4.69) is 27.2 Å². The Kier molecular flexibility index (Phi) is 3.98. The van der Waals surface area contributed by atoms with Crippen molar-refractivity contribution in [2.75, 3.05) is 11.1 Å². The molecule has 2 aromatic heterocycles. The molecule has 2 rings (SSSR count). The Hall–Kier alpha value is -1.40. The van der Waals surface area contributed by atoms with E-state index in [1.165, 1.54) is 0 Å². The van der Waals surface area contributed by atoms with Crippen LogP contribution in [0.25, 0.3) is 0 Å². The molecule has 1 atom stereocenters. The molecule has 0 saturated carbocycles. The first-order valence-electron chi connectivity index (χ1n) is 5.57. The van der Waals surface area contributed by atoms with E-state index >= 15 is 0 Å². The standard InChI is InChI=1S/C11H14ClN5S/c1-3-7(10-14-4-5-18-10)16-9-8(13)6(2)15-11(12)17-9/h4-5,7H,3,13H2,1-2H3,(H,15,16,17). The first kappa shape index (κ1) is 13.0. The van der Waals surface area contributed by atoms with Crippen molar-refractivity contribution in [1.29, 1.82) is 0 Å². The maximum atomic E-state index is 5.94. The van der Waals surface area contributed by atoms with Gasteiger partial charge in [0.25, 0.3) is 0 Å². The summed E-state index contributed by atoms with van der Waals surface area (Å²) < 4.78 is 0. The van der Waals surface area contributed by atoms with E-state index in [0.717, 1.165) is 11.4 Å². The summed E-state index contributed by atoms with van der Waals surface area (Å²) in [4.78, 5) is 12.4. The third-order valence-corrected chi connectivity index (χ3v) is 3.64. The quantitative estimate of drug-likeness (QED) is 0.844. The van der Waals surface area contributed by atoms with Crippen LogP contribution in [0.2, 0.25) is 5.28 Å². The molecule has 18 heavy (non-hydrogen) atoms. The molecule has 0 saturated heterocycles. The van der Waals surface area contributed by atoms with E-state index in [-0.39, 0.29) is 11.3 Å². The molecule has 2 heterocycles. The number of hydrogen-bond acceptors (Lipinski definition) is 6. The van der Waals surface area contributed by atoms with Crippen molar-refractivity contribution in [3.8, 4) is 0 Å². The number of nitrogens with one attached hydrogen (secondary N) is 1. The van der Waals surface area contributed by atoms with E-state index in [1.54, 1.807) is 24.5 Å². The molecule has 0 radical (unpaired) electrons. The number of anilines is 2. The van der Waals surface area contributed by atoms with E-state index < -0.39 is 0 Å². The summed E-state index contributed by atoms with van der Waals surface area (Å²) in [5, 5.41) is 6.41. The highest BCUT2D eigenvalue weighted by Gasteiger charge is 2.15. The molecule has 2 aromatic rings. The highest BCUT2D eigenvalue weighted by molar-refractivity contribution is 7.09. The Balaban J connectivity index is 2.28. The Morgan fingerprint density at radius 2 is 2.28 bits per heavy atom. The van der Waals surface area contributed by atoms with Crippen LogP contribution in [-0.2, 0) is 0 Å². The maximum Gasteiger partial charge on any atom is 0.224 e. The number of nitrogen functional groups attached to an aromatic ring is 1. The van der Waals surface area contributed by atoms with Crippen LogP contribution in [0.4, 0.5) is 11.5 Å². The zero-order chi connectivity index (χ0) is 13.1. The number of hydrogen-bond donors (Lipinski definition) is 2. The third kappa shape index (κ3) is 2.70. The summed E-state index contributed by atoms with van der Waals surface area (Å²) in [5.41, 5.74) is 7.14. The van der Waals surface area contributed by atoms with Gasteiger partial charge in [-0.2, -0.15) is 4.98 Å². The molecule has 0 fully saturated rings. The molecule has 0 aromatic carbocycles. The number of aryl methyl sites for hydroxylation is 1. The minimum atomic E-state index is 0.0812. The molecule has 5 nitrogen and oxygen atoms in total. The van der Waals surface area contributed by atoms with Gasteiger partial charge < -0.3 is 11.1 Å². The summed E-state index contributed by atoms with van der Waals surface area (Å²) in [5.74, 6) is 0.564. The second kappa shape index (κ2) is 5.49. The van der Waals surface area contributed by atoms with Crippen LogP contribution in [0.3, 0.4) is 0 Å². The highest BCUT2D eigenvalue weighted by Crippen LogP contribution is 2.27. The van der Waals surface area contributed by atoms with Gasteiger partial charge in [0.1, 0.15) is 5.01 Å². The van der Waals surface area contributed by atoms with Crippen LogP contribution in [0.1, 0.15) is 30.1 Å². The van der Waals surface area contributed by atoms with Crippen LogP contribution in [0.5, 0.6) is 0 Å². The summed E-state index contributed by atoms with van der Waals surface area (Å²) in [7, 11) is 0. The number of aromatic nitrogens is 3. The van der Waals surface area contributed by atoms with Gasteiger partial charge in [0, 0.05) is 11.6 Å². The molecule has 0 aliphatic heterocycles. The van der Waals surface area contributed by atoms with Gasteiger partial charge >= 0.3 is 0 Å². The minimum absolute atomic E-state index is 0.0812. The van der Waals surface area contributed by atoms with Crippen LogP contribution in [0.15, 0.2) is 11.6 Å². The first-order chi connectivity index (χ1) is 8.61. The molecule has 0 aliphatic rings. The minimum Gasteiger partial charge on any atom is -0.394 e. The third-order valence-electron chi connectivity index (χ3n) is 2.58. The topological polar surface area (TPSA) is 76.7 Å². The SMILES string of the molecule is CCC(Nc1nc(Cl)nc(C)c1N)c1nccs1. The van der Waals surface area contributed by atoms with Gasteiger partial charge in [-0.3, -0.25) is 0 Å². The molecule has 0 amide bonds. The van der Waals surface area contributed by atoms with Crippen molar-refractivity contribution in [2.45, 2.75) is 26.3 Å². The molecule has 7 heteroatoms. The Morgan fingerprint density at radius 3 is 2.89 bits per heavy atom. The lowest BCUT2D eigenvalue weighted by Gasteiger charge is -2.17. The van der Waals surface area contributed by atoms with Crippen LogP contribution >= 0.6 is 22.9 Å². The molecule has 3 N–H and O–H groups in total. The lowest BCUT2D eigenvalue weighted by molar-refractivity contribution is 0.737. The van der Waals surface area contributed by atoms with E-state index in [4.69, 9.17) is 17.3 Å². The molecule has 0 bridgehead atoms. The fourth-order valence-electron chi connectivity index (χ4n) is 1.57. The number of nitrogens with two attached hydrogens (primary N) is 1. The van der Waals surface area contributed by atoms with Crippen molar-refractivity contribution in [3.05, 3.63) is 27.6 Å². The largest absolute Gasteiger partial charge is 0.394 e. The number of halogens is 1. The van der Waals surface area contributed by atoms with E-state index in [9.17, 15) is 0 Å². The van der Waals surface area contributed by atoms with Crippen molar-refractivity contribution in [2.24, 2.45) is 0 Å². The zero-order valence-electron chi connectivity index (χ0n) is 10.1. The number of rotatable bonds is 4. The molecule has 96 valence electrons. The number of thiazole rings is 1. The van der Waals surface area contributed by atoms with Crippen LogP contribution in [-0.4, -0.2) is 15.0 Å². The van der Waals surface area contributed by atoms with Gasteiger partial charge in [-0.15, -0.1) is 11.3 Å². The molecular formula is C11H14ClN5S. The maximum absolute atomic E-state index is 5.94. The Morgan fingerprint density at radius 1 is 1.50 bits per heavy atom. The van der Waals surface area contributed by atoms with Crippen molar-refractivity contribution >= 4 is 34.4 Å². The van der Waals surface area contributed by atoms with Gasteiger partial charge in [-0.1, -0.05) is 6.92 Å². The van der Waals surface area contributed by atoms with Gasteiger partial charge in [0.05, 0.1) is 17.4 Å². The lowest BCUT2D eigenvalue weighted by atomic mass is 10.2. The predicted octanol–water partition coefficient (Wildman–Crippen LogP) is 3.04. The lowest BCUT2D eigenvalue weighted by Crippen LogP contribution is -2.13. The average molecular weight is 284 g/mol. The first-order valence-corrected chi connectivity index (χ1v) is 6.83. The normalized spacial score (nSPS) is 12.4. The van der Waals surface area contributed by atoms with Crippen LogP contribution in [0, 0.1) is 6.92 Å². The molecule has 0 aliphatic carbocycles. The smallest absolute Gasteiger partial charge is 0.224 e. The summed E-state index contributed by atoms with van der Waals surface area (Å²) in [6.07, 6.45) is 2.67. The van der Waals surface area contributed by atoms with Crippen molar-refractivity contribution in [3.63, 3.8) is 0 Å². The highest BCUT2D eigenvalue weighted by atomic mass is 35.5. The van der Waals surface area contributed by atoms with Crippen molar-refractivity contribution < 1.29 is 0 Å². The monoisotopic (exact) mass is 283 g/mol. The second-order valence-corrected chi connectivity index (χ2v) is 5.08. The molecule has 0 spiro atoms.